The van der Waals surface area contributed by atoms with Gasteiger partial charge >= 0.3 is 18.2 Å². The number of alkyl carbamates (subject to hydrolysis) is 1. The molecule has 0 spiro atoms. The highest BCUT2D eigenvalue weighted by Gasteiger charge is 2.38. The van der Waals surface area contributed by atoms with E-state index in [-0.39, 0.29) is 25.5 Å². The van der Waals surface area contributed by atoms with Gasteiger partial charge in [0.25, 0.3) is 0 Å². The summed E-state index contributed by atoms with van der Waals surface area (Å²) in [5.41, 5.74) is 6.16. The van der Waals surface area contributed by atoms with Gasteiger partial charge in [0, 0.05) is 26.1 Å². The number of amides is 2. The molecule has 0 aliphatic heterocycles. The summed E-state index contributed by atoms with van der Waals surface area (Å²) in [7, 11) is 0. The van der Waals surface area contributed by atoms with Crippen LogP contribution in [0.1, 0.15) is 12.0 Å². The zero-order valence-corrected chi connectivity index (χ0v) is 13.7. The van der Waals surface area contributed by atoms with Crippen molar-refractivity contribution in [2.75, 3.05) is 19.6 Å². The quantitative estimate of drug-likeness (QED) is 0.559. The van der Waals surface area contributed by atoms with Crippen molar-refractivity contribution in [3.05, 3.63) is 35.9 Å². The molecule has 0 unspecified atom stereocenters. The monoisotopic (exact) mass is 379 g/mol. The Morgan fingerprint density at radius 3 is 2.15 bits per heavy atom. The van der Waals surface area contributed by atoms with Gasteiger partial charge in [-0.3, -0.25) is 4.79 Å². The number of alkyl halides is 3. The number of nitrogens with two attached hydrogens (primary N) is 1. The summed E-state index contributed by atoms with van der Waals surface area (Å²) in [6.45, 7) is 1.30. The minimum Gasteiger partial charge on any atom is -0.475 e. The second-order valence-corrected chi connectivity index (χ2v) is 4.68. The molecule has 0 saturated carbocycles. The Hall–Kier alpha value is -2.82. The van der Waals surface area contributed by atoms with Crippen LogP contribution in [0.4, 0.5) is 18.0 Å². The first-order valence-electron chi connectivity index (χ1n) is 7.38. The van der Waals surface area contributed by atoms with Crippen LogP contribution in [0.15, 0.2) is 30.3 Å². The van der Waals surface area contributed by atoms with Crippen LogP contribution in [0.2, 0.25) is 0 Å². The third kappa shape index (κ3) is 12.6. The van der Waals surface area contributed by atoms with Gasteiger partial charge in [-0.25, -0.2) is 9.59 Å². The third-order valence-electron chi connectivity index (χ3n) is 2.54. The fourth-order valence-electron chi connectivity index (χ4n) is 1.35. The Morgan fingerprint density at radius 1 is 1.08 bits per heavy atom. The Kier molecular flexibility index (Phi) is 11.2. The number of hydrogen-bond acceptors (Lipinski definition) is 5. The van der Waals surface area contributed by atoms with Crippen molar-refractivity contribution in [2.24, 2.45) is 5.73 Å². The molecule has 1 aromatic carbocycles. The maximum absolute atomic E-state index is 11.3. The van der Waals surface area contributed by atoms with Crippen molar-refractivity contribution >= 4 is 18.0 Å². The lowest BCUT2D eigenvalue weighted by atomic mass is 10.2. The van der Waals surface area contributed by atoms with Crippen LogP contribution in [0.5, 0.6) is 0 Å². The van der Waals surface area contributed by atoms with Gasteiger partial charge in [-0.1, -0.05) is 30.3 Å². The van der Waals surface area contributed by atoms with Gasteiger partial charge in [-0.05, 0) is 5.56 Å². The number of hydrogen-bond donors (Lipinski definition) is 4. The van der Waals surface area contributed by atoms with Crippen molar-refractivity contribution in [1.82, 2.24) is 10.6 Å². The molecule has 0 fully saturated rings. The van der Waals surface area contributed by atoms with Gasteiger partial charge in [0.2, 0.25) is 5.91 Å². The number of ether oxygens (including phenoxy) is 1. The minimum atomic E-state index is -5.08. The first-order chi connectivity index (χ1) is 12.2. The average molecular weight is 379 g/mol. The first-order valence-corrected chi connectivity index (χ1v) is 7.38. The molecule has 0 atom stereocenters. The summed E-state index contributed by atoms with van der Waals surface area (Å²) >= 11 is 0. The molecule has 0 aromatic heterocycles. The lowest BCUT2D eigenvalue weighted by molar-refractivity contribution is -0.192. The number of rotatable bonds is 7. The standard InChI is InChI=1S/C13H19N3O3.C2HF3O2/c14-7-9-15-12(17)6-8-16-13(18)19-10-11-4-2-1-3-5-11;3-2(4,5)1(6)7/h1-5H,6-10,14H2,(H,15,17)(H,16,18);(H,6,7). The molecule has 5 N–H and O–H groups in total. The molecule has 0 aliphatic rings. The summed E-state index contributed by atoms with van der Waals surface area (Å²) in [6.07, 6.45) is -5.41. The van der Waals surface area contributed by atoms with E-state index in [9.17, 15) is 22.8 Å². The predicted octanol–water partition coefficient (Wildman–Crippen LogP) is 1.01. The molecule has 0 bridgehead atoms. The molecule has 0 saturated heterocycles. The number of carbonyl (C=O) groups excluding carboxylic acids is 2. The number of benzene rings is 1. The number of nitrogens with one attached hydrogen (secondary N) is 2. The number of carboxylic acid groups (broad SMARTS) is 1. The highest BCUT2D eigenvalue weighted by Crippen LogP contribution is 2.13. The number of carbonyl (C=O) groups is 3. The van der Waals surface area contributed by atoms with Gasteiger partial charge in [0.15, 0.2) is 0 Å². The zero-order chi connectivity index (χ0) is 20.0. The van der Waals surface area contributed by atoms with E-state index in [0.717, 1.165) is 5.56 Å². The van der Waals surface area contributed by atoms with E-state index in [1.54, 1.807) is 0 Å². The van der Waals surface area contributed by atoms with Crippen LogP contribution in [0.25, 0.3) is 0 Å². The fourth-order valence-corrected chi connectivity index (χ4v) is 1.35. The molecule has 26 heavy (non-hydrogen) atoms. The Morgan fingerprint density at radius 2 is 1.65 bits per heavy atom. The van der Waals surface area contributed by atoms with Crippen LogP contribution >= 0.6 is 0 Å². The highest BCUT2D eigenvalue weighted by atomic mass is 19.4. The van der Waals surface area contributed by atoms with Crippen LogP contribution in [-0.4, -0.2) is 48.9 Å². The number of carboxylic acids is 1. The van der Waals surface area contributed by atoms with E-state index in [4.69, 9.17) is 20.4 Å². The average Bonchev–Trinajstić information content (AvgIpc) is 2.59. The van der Waals surface area contributed by atoms with Gasteiger partial charge in [-0.15, -0.1) is 0 Å². The van der Waals surface area contributed by atoms with Gasteiger partial charge < -0.3 is 26.2 Å². The molecular weight excluding hydrogens is 359 g/mol. The van der Waals surface area contributed by atoms with E-state index in [2.05, 4.69) is 10.6 Å². The molecule has 2 amide bonds. The predicted molar refractivity (Wildman–Crippen MR) is 85.0 cm³/mol. The van der Waals surface area contributed by atoms with Gasteiger partial charge in [0.05, 0.1) is 0 Å². The van der Waals surface area contributed by atoms with E-state index in [0.29, 0.717) is 13.1 Å². The van der Waals surface area contributed by atoms with Crippen LogP contribution < -0.4 is 16.4 Å². The molecule has 0 aliphatic carbocycles. The molecule has 11 heteroatoms. The largest absolute Gasteiger partial charge is 0.490 e. The molecule has 8 nitrogen and oxygen atoms in total. The molecule has 0 radical (unpaired) electrons. The minimum absolute atomic E-state index is 0.145. The van der Waals surface area contributed by atoms with E-state index >= 15 is 0 Å². The normalized spacial score (nSPS) is 10.2. The fraction of sp³-hybridized carbons (Fsp3) is 0.400. The topological polar surface area (TPSA) is 131 Å². The summed E-state index contributed by atoms with van der Waals surface area (Å²) < 4.78 is 36.7. The number of halogens is 3. The SMILES string of the molecule is NCCNC(=O)CCNC(=O)OCc1ccccc1.O=C(O)C(F)(F)F. The van der Waals surface area contributed by atoms with Crippen molar-refractivity contribution in [3.8, 4) is 0 Å². The lowest BCUT2D eigenvalue weighted by Gasteiger charge is -2.07. The molecular formula is C15H20F3N3O5. The van der Waals surface area contributed by atoms with Crippen LogP contribution in [-0.2, 0) is 20.9 Å². The maximum Gasteiger partial charge on any atom is 0.490 e. The summed E-state index contributed by atoms with van der Waals surface area (Å²) in [5, 5.41) is 12.2. The van der Waals surface area contributed by atoms with Crippen molar-refractivity contribution < 1.29 is 37.4 Å². The third-order valence-corrected chi connectivity index (χ3v) is 2.54. The van der Waals surface area contributed by atoms with Gasteiger partial charge in [0.1, 0.15) is 6.61 Å². The molecule has 1 rings (SSSR count). The van der Waals surface area contributed by atoms with Crippen molar-refractivity contribution in [3.63, 3.8) is 0 Å². The second-order valence-electron chi connectivity index (χ2n) is 4.68. The van der Waals surface area contributed by atoms with Crippen LogP contribution in [0, 0.1) is 0 Å². The molecule has 1 aromatic rings. The first kappa shape index (κ1) is 23.2. The lowest BCUT2D eigenvalue weighted by Crippen LogP contribution is -2.33. The van der Waals surface area contributed by atoms with Crippen molar-refractivity contribution in [2.45, 2.75) is 19.2 Å². The second kappa shape index (κ2) is 12.5. The van der Waals surface area contributed by atoms with Gasteiger partial charge in [-0.2, -0.15) is 13.2 Å². The number of aliphatic carboxylic acids is 1. The zero-order valence-electron chi connectivity index (χ0n) is 13.7. The maximum atomic E-state index is 11.3. The van der Waals surface area contributed by atoms with E-state index in [1.165, 1.54) is 0 Å². The van der Waals surface area contributed by atoms with Crippen LogP contribution in [0.3, 0.4) is 0 Å². The summed E-state index contributed by atoms with van der Waals surface area (Å²) in [5.74, 6) is -2.90. The Bertz CT molecular complexity index is 567. The molecule has 0 heterocycles. The molecule has 146 valence electrons. The summed E-state index contributed by atoms with van der Waals surface area (Å²) in [4.78, 5) is 31.4. The smallest absolute Gasteiger partial charge is 0.475 e. The van der Waals surface area contributed by atoms with E-state index in [1.807, 2.05) is 30.3 Å². The van der Waals surface area contributed by atoms with Crippen molar-refractivity contribution in [1.29, 1.82) is 0 Å². The summed E-state index contributed by atoms with van der Waals surface area (Å²) in [6, 6.07) is 9.38. The Balaban J connectivity index is 0.000000758. The Labute approximate surface area is 147 Å². The highest BCUT2D eigenvalue weighted by molar-refractivity contribution is 5.77. The van der Waals surface area contributed by atoms with E-state index < -0.39 is 18.2 Å².